The molecule has 0 spiro atoms. The highest BCUT2D eigenvalue weighted by atomic mass is 16.5. The molecule has 0 saturated carbocycles. The van der Waals surface area contributed by atoms with Crippen LogP contribution in [0.4, 0.5) is 5.82 Å². The molecular formula is C12H11N3O2. The molecule has 0 amide bonds. The monoisotopic (exact) mass is 229 g/mol. The van der Waals surface area contributed by atoms with Gasteiger partial charge in [0.2, 0.25) is 0 Å². The van der Waals surface area contributed by atoms with E-state index >= 15 is 0 Å². The summed E-state index contributed by atoms with van der Waals surface area (Å²) in [7, 11) is 1.61. The summed E-state index contributed by atoms with van der Waals surface area (Å²) in [6.45, 7) is 0. The van der Waals surface area contributed by atoms with Gasteiger partial charge in [0.1, 0.15) is 11.5 Å². The van der Waals surface area contributed by atoms with Crippen LogP contribution < -0.4 is 10.5 Å². The normalized spacial score (nSPS) is 10.9. The molecule has 0 radical (unpaired) electrons. The summed E-state index contributed by atoms with van der Waals surface area (Å²) in [4.78, 5) is 4.48. The Bertz CT molecular complexity index is 656. The van der Waals surface area contributed by atoms with Gasteiger partial charge in [-0.3, -0.25) is 4.40 Å². The second-order valence-electron chi connectivity index (χ2n) is 3.63. The van der Waals surface area contributed by atoms with Crippen LogP contribution in [0, 0.1) is 0 Å². The van der Waals surface area contributed by atoms with Crippen molar-refractivity contribution in [3.8, 4) is 17.0 Å². The zero-order valence-electron chi connectivity index (χ0n) is 9.25. The van der Waals surface area contributed by atoms with Crippen LogP contribution in [-0.2, 0) is 0 Å². The summed E-state index contributed by atoms with van der Waals surface area (Å²) in [6, 6.07) is 5.54. The van der Waals surface area contributed by atoms with E-state index in [2.05, 4.69) is 4.98 Å². The second kappa shape index (κ2) is 3.55. The van der Waals surface area contributed by atoms with E-state index in [1.165, 1.54) is 0 Å². The Hall–Kier alpha value is -2.43. The van der Waals surface area contributed by atoms with E-state index in [-0.39, 0.29) is 0 Å². The number of aromatic nitrogens is 2. The molecule has 2 N–H and O–H groups in total. The van der Waals surface area contributed by atoms with E-state index in [9.17, 15) is 0 Å². The molecular weight excluding hydrogens is 218 g/mol. The van der Waals surface area contributed by atoms with Gasteiger partial charge in [0, 0.05) is 11.8 Å². The number of hydrogen-bond donors (Lipinski definition) is 1. The van der Waals surface area contributed by atoms with Crippen LogP contribution in [0.3, 0.4) is 0 Å². The van der Waals surface area contributed by atoms with Crippen LogP contribution in [0.2, 0.25) is 0 Å². The van der Waals surface area contributed by atoms with Crippen molar-refractivity contribution < 1.29 is 9.15 Å². The zero-order valence-corrected chi connectivity index (χ0v) is 9.25. The van der Waals surface area contributed by atoms with E-state index < -0.39 is 0 Å². The molecule has 0 unspecified atom stereocenters. The first-order valence-electron chi connectivity index (χ1n) is 5.14. The molecule has 0 fully saturated rings. The fourth-order valence-electron chi connectivity index (χ4n) is 1.83. The first-order valence-corrected chi connectivity index (χ1v) is 5.14. The highest BCUT2D eigenvalue weighted by molar-refractivity contribution is 5.76. The number of ether oxygens (including phenoxy) is 1. The van der Waals surface area contributed by atoms with E-state index in [0.29, 0.717) is 22.9 Å². The second-order valence-corrected chi connectivity index (χ2v) is 3.63. The lowest BCUT2D eigenvalue weighted by Crippen LogP contribution is -1.94. The number of anilines is 1. The van der Waals surface area contributed by atoms with Crippen LogP contribution in [0.25, 0.3) is 16.9 Å². The fraction of sp³-hybridized carbons (Fsp3) is 0.0833. The predicted octanol–water partition coefficient (Wildman–Crippen LogP) is 2.19. The maximum absolute atomic E-state index is 6.06. The lowest BCUT2D eigenvalue weighted by Gasteiger charge is -2.01. The smallest absolute Gasteiger partial charge is 0.181 e. The predicted molar refractivity (Wildman–Crippen MR) is 63.9 cm³/mol. The molecule has 0 atom stereocenters. The topological polar surface area (TPSA) is 65.7 Å². The maximum Gasteiger partial charge on any atom is 0.181 e. The minimum absolute atomic E-state index is 0.570. The van der Waals surface area contributed by atoms with Crippen molar-refractivity contribution in [3.05, 3.63) is 36.9 Å². The van der Waals surface area contributed by atoms with Crippen LogP contribution in [0.1, 0.15) is 0 Å². The number of hydrogen-bond acceptors (Lipinski definition) is 4. The molecule has 86 valence electrons. The highest BCUT2D eigenvalue weighted by Gasteiger charge is 2.14. The van der Waals surface area contributed by atoms with Gasteiger partial charge in [0.25, 0.3) is 0 Å². The molecule has 0 saturated heterocycles. The summed E-state index contributed by atoms with van der Waals surface area (Å²) < 4.78 is 12.1. The van der Waals surface area contributed by atoms with E-state index in [1.807, 2.05) is 24.4 Å². The lowest BCUT2D eigenvalue weighted by atomic mass is 10.2. The molecule has 0 aliphatic rings. The Morgan fingerprint density at radius 1 is 1.41 bits per heavy atom. The van der Waals surface area contributed by atoms with Gasteiger partial charge < -0.3 is 14.9 Å². The molecule has 3 aromatic rings. The molecule has 5 heteroatoms. The molecule has 3 rings (SSSR count). The molecule has 5 nitrogen and oxygen atoms in total. The zero-order chi connectivity index (χ0) is 11.8. The van der Waals surface area contributed by atoms with Gasteiger partial charge in [-0.05, 0) is 18.2 Å². The lowest BCUT2D eigenvalue weighted by molar-refractivity contribution is 0.417. The van der Waals surface area contributed by atoms with Gasteiger partial charge in [-0.15, -0.1) is 0 Å². The quantitative estimate of drug-likeness (QED) is 0.731. The van der Waals surface area contributed by atoms with Crippen LogP contribution >= 0.6 is 0 Å². The Morgan fingerprint density at radius 2 is 2.29 bits per heavy atom. The molecule has 3 aromatic heterocycles. The van der Waals surface area contributed by atoms with Gasteiger partial charge in [-0.1, -0.05) is 0 Å². The maximum atomic E-state index is 6.06. The Morgan fingerprint density at radius 3 is 3.00 bits per heavy atom. The average molecular weight is 229 g/mol. The van der Waals surface area contributed by atoms with E-state index in [1.54, 1.807) is 24.0 Å². The van der Waals surface area contributed by atoms with Gasteiger partial charge in [-0.2, -0.15) is 0 Å². The average Bonchev–Trinajstić information content (AvgIpc) is 2.97. The van der Waals surface area contributed by atoms with E-state index in [0.717, 1.165) is 5.56 Å². The SMILES string of the molecule is COc1cccn2c(N)c(-c3ccoc3)nc12. The molecule has 0 bridgehead atoms. The first kappa shape index (κ1) is 9.77. The van der Waals surface area contributed by atoms with Crippen molar-refractivity contribution >= 4 is 11.5 Å². The third kappa shape index (κ3) is 1.36. The number of nitrogens with two attached hydrogens (primary N) is 1. The van der Waals surface area contributed by atoms with Gasteiger partial charge in [0.05, 0.1) is 19.6 Å². The summed E-state index contributed by atoms with van der Waals surface area (Å²) in [5, 5.41) is 0. The van der Waals surface area contributed by atoms with Crippen molar-refractivity contribution in [2.24, 2.45) is 0 Å². The molecule has 0 aliphatic heterocycles. The summed E-state index contributed by atoms with van der Waals surface area (Å²) in [5.41, 5.74) is 8.31. The number of nitrogen functional groups attached to an aromatic ring is 1. The number of fused-ring (bicyclic) bond motifs is 1. The number of methoxy groups -OCH3 is 1. The Balaban J connectivity index is 2.32. The minimum atomic E-state index is 0.570. The summed E-state index contributed by atoms with van der Waals surface area (Å²) in [5.74, 6) is 1.26. The fourth-order valence-corrected chi connectivity index (χ4v) is 1.83. The third-order valence-electron chi connectivity index (χ3n) is 2.67. The summed E-state index contributed by atoms with van der Waals surface area (Å²) in [6.07, 6.45) is 5.06. The standard InChI is InChI=1S/C12H11N3O2/c1-16-9-3-2-5-15-11(13)10(14-12(9)15)8-4-6-17-7-8/h2-7H,13H2,1H3. The largest absolute Gasteiger partial charge is 0.493 e. The number of furan rings is 1. The van der Waals surface area contributed by atoms with Gasteiger partial charge in [0.15, 0.2) is 11.4 Å². The Labute approximate surface area is 97.4 Å². The van der Waals surface area contributed by atoms with Crippen molar-refractivity contribution in [1.82, 2.24) is 9.38 Å². The van der Waals surface area contributed by atoms with Crippen LogP contribution in [0.15, 0.2) is 41.3 Å². The number of imidazole rings is 1. The molecule has 17 heavy (non-hydrogen) atoms. The molecule has 0 aliphatic carbocycles. The number of nitrogens with zero attached hydrogens (tertiary/aromatic N) is 2. The highest BCUT2D eigenvalue weighted by Crippen LogP contribution is 2.30. The molecule has 3 heterocycles. The van der Waals surface area contributed by atoms with Crippen molar-refractivity contribution in [1.29, 1.82) is 0 Å². The summed E-state index contributed by atoms with van der Waals surface area (Å²) >= 11 is 0. The van der Waals surface area contributed by atoms with Crippen LogP contribution in [0.5, 0.6) is 5.75 Å². The van der Waals surface area contributed by atoms with Crippen molar-refractivity contribution in [2.75, 3.05) is 12.8 Å². The first-order chi connectivity index (χ1) is 8.31. The van der Waals surface area contributed by atoms with Crippen molar-refractivity contribution in [3.63, 3.8) is 0 Å². The van der Waals surface area contributed by atoms with Crippen LogP contribution in [-0.4, -0.2) is 16.5 Å². The van der Waals surface area contributed by atoms with Gasteiger partial charge >= 0.3 is 0 Å². The third-order valence-corrected chi connectivity index (χ3v) is 2.67. The van der Waals surface area contributed by atoms with Gasteiger partial charge in [-0.25, -0.2) is 4.98 Å². The van der Waals surface area contributed by atoms with Crippen molar-refractivity contribution in [2.45, 2.75) is 0 Å². The number of rotatable bonds is 2. The number of pyridine rings is 1. The van der Waals surface area contributed by atoms with E-state index in [4.69, 9.17) is 14.9 Å². The minimum Gasteiger partial charge on any atom is -0.493 e. The Kier molecular flexibility index (Phi) is 2.04. The molecule has 0 aromatic carbocycles.